The van der Waals surface area contributed by atoms with Crippen molar-refractivity contribution in [1.82, 2.24) is 5.32 Å². The van der Waals surface area contributed by atoms with Crippen LogP contribution in [0.2, 0.25) is 0 Å². The molecule has 92 valence electrons. The van der Waals surface area contributed by atoms with Gasteiger partial charge in [0.1, 0.15) is 0 Å². The Bertz CT molecular complexity index is 379. The summed E-state index contributed by atoms with van der Waals surface area (Å²) in [7, 11) is 0. The average molecular weight is 236 g/mol. The van der Waals surface area contributed by atoms with Crippen molar-refractivity contribution in [3.8, 4) is 0 Å². The maximum atomic E-state index is 11.4. The van der Waals surface area contributed by atoms with Crippen molar-refractivity contribution in [2.75, 3.05) is 11.9 Å². The molecule has 0 saturated carbocycles. The zero-order valence-electron chi connectivity index (χ0n) is 9.90. The molecule has 1 aromatic carbocycles. The van der Waals surface area contributed by atoms with Gasteiger partial charge in [0.25, 0.3) is 5.91 Å². The van der Waals surface area contributed by atoms with E-state index in [1.165, 1.54) is 6.92 Å². The molecular formula is C12H16N2O3. The first-order valence-corrected chi connectivity index (χ1v) is 5.44. The largest absolute Gasteiger partial charge is 0.436 e. The second-order valence-electron chi connectivity index (χ2n) is 3.43. The van der Waals surface area contributed by atoms with Crippen LogP contribution in [-0.2, 0) is 9.53 Å². The van der Waals surface area contributed by atoms with E-state index in [4.69, 9.17) is 4.74 Å². The van der Waals surface area contributed by atoms with Gasteiger partial charge in [-0.15, -0.1) is 0 Å². The summed E-state index contributed by atoms with van der Waals surface area (Å²) in [6, 6.07) is 8.90. The highest BCUT2D eigenvalue weighted by atomic mass is 16.6. The molecule has 5 heteroatoms. The fraction of sp³-hybridized carbons (Fsp3) is 0.333. The lowest BCUT2D eigenvalue weighted by atomic mass is 10.3. The van der Waals surface area contributed by atoms with Crippen LogP contribution in [0.15, 0.2) is 30.3 Å². The van der Waals surface area contributed by atoms with Crippen molar-refractivity contribution in [3.05, 3.63) is 30.3 Å². The Hall–Kier alpha value is -2.04. The third-order valence-electron chi connectivity index (χ3n) is 2.02. The number of likely N-dealkylation sites (N-methyl/N-ethyl adjacent to an activating group) is 1. The SMILES string of the molecule is CCNC(=O)[C@@H](C)OC(=O)Nc1ccccc1. The van der Waals surface area contributed by atoms with Gasteiger partial charge in [0.15, 0.2) is 6.10 Å². The molecule has 5 nitrogen and oxygen atoms in total. The topological polar surface area (TPSA) is 67.4 Å². The van der Waals surface area contributed by atoms with Crippen molar-refractivity contribution >= 4 is 17.7 Å². The van der Waals surface area contributed by atoms with Crippen LogP contribution in [0.4, 0.5) is 10.5 Å². The number of hydrogen-bond acceptors (Lipinski definition) is 3. The molecule has 2 amide bonds. The van der Waals surface area contributed by atoms with Gasteiger partial charge in [-0.3, -0.25) is 10.1 Å². The molecule has 0 fully saturated rings. The molecule has 1 rings (SSSR count). The van der Waals surface area contributed by atoms with Gasteiger partial charge >= 0.3 is 6.09 Å². The molecule has 0 unspecified atom stereocenters. The quantitative estimate of drug-likeness (QED) is 0.837. The van der Waals surface area contributed by atoms with E-state index >= 15 is 0 Å². The first kappa shape index (κ1) is 13.0. The Labute approximate surface area is 100 Å². The minimum Gasteiger partial charge on any atom is -0.436 e. The predicted octanol–water partition coefficient (Wildman–Crippen LogP) is 1.76. The number of benzene rings is 1. The molecule has 0 spiro atoms. The van der Waals surface area contributed by atoms with Crippen LogP contribution in [0.5, 0.6) is 0 Å². The fourth-order valence-electron chi connectivity index (χ4n) is 1.20. The molecule has 0 aromatic heterocycles. The van der Waals surface area contributed by atoms with E-state index in [0.717, 1.165) is 0 Å². The first-order valence-electron chi connectivity index (χ1n) is 5.44. The predicted molar refractivity (Wildman–Crippen MR) is 64.7 cm³/mol. The molecule has 0 aliphatic rings. The number of rotatable bonds is 4. The van der Waals surface area contributed by atoms with Gasteiger partial charge in [-0.2, -0.15) is 0 Å². The lowest BCUT2D eigenvalue weighted by Gasteiger charge is -2.13. The maximum absolute atomic E-state index is 11.4. The van der Waals surface area contributed by atoms with E-state index in [-0.39, 0.29) is 5.91 Å². The summed E-state index contributed by atoms with van der Waals surface area (Å²) < 4.78 is 4.91. The number of nitrogens with one attached hydrogen (secondary N) is 2. The molecule has 0 radical (unpaired) electrons. The average Bonchev–Trinajstić information content (AvgIpc) is 2.30. The summed E-state index contributed by atoms with van der Waals surface area (Å²) >= 11 is 0. The molecule has 0 heterocycles. The molecule has 1 atom stereocenters. The van der Waals surface area contributed by atoms with E-state index in [1.54, 1.807) is 31.2 Å². The van der Waals surface area contributed by atoms with Crippen LogP contribution in [-0.4, -0.2) is 24.6 Å². The minimum absolute atomic E-state index is 0.310. The zero-order valence-corrected chi connectivity index (χ0v) is 9.90. The van der Waals surface area contributed by atoms with Crippen LogP contribution in [0.25, 0.3) is 0 Å². The van der Waals surface area contributed by atoms with Gasteiger partial charge in [-0.1, -0.05) is 18.2 Å². The number of amides is 2. The van der Waals surface area contributed by atoms with E-state index in [9.17, 15) is 9.59 Å². The van der Waals surface area contributed by atoms with Gasteiger partial charge in [0, 0.05) is 12.2 Å². The number of carbonyl (C=O) groups excluding carboxylic acids is 2. The summed E-state index contributed by atoms with van der Waals surface area (Å²) in [5, 5.41) is 5.10. The highest BCUT2D eigenvalue weighted by Crippen LogP contribution is 2.06. The Balaban J connectivity index is 2.42. The summed E-state index contributed by atoms with van der Waals surface area (Å²) in [4.78, 5) is 22.7. The van der Waals surface area contributed by atoms with Crippen LogP contribution in [0, 0.1) is 0 Å². The highest BCUT2D eigenvalue weighted by molar-refractivity contribution is 5.88. The monoisotopic (exact) mass is 236 g/mol. The van der Waals surface area contributed by atoms with Gasteiger partial charge in [0.2, 0.25) is 0 Å². The molecule has 17 heavy (non-hydrogen) atoms. The number of anilines is 1. The van der Waals surface area contributed by atoms with Gasteiger partial charge in [0.05, 0.1) is 0 Å². The molecule has 0 bridgehead atoms. The van der Waals surface area contributed by atoms with Crippen molar-refractivity contribution in [3.63, 3.8) is 0 Å². The molecule has 0 saturated heterocycles. The second-order valence-corrected chi connectivity index (χ2v) is 3.43. The van der Waals surface area contributed by atoms with Crippen LogP contribution < -0.4 is 10.6 Å². The lowest BCUT2D eigenvalue weighted by molar-refractivity contribution is -0.128. The summed E-state index contributed by atoms with van der Waals surface area (Å²) in [5.74, 6) is -0.310. The van der Waals surface area contributed by atoms with Crippen molar-refractivity contribution in [1.29, 1.82) is 0 Å². The van der Waals surface area contributed by atoms with Crippen molar-refractivity contribution < 1.29 is 14.3 Å². The molecule has 1 aromatic rings. The van der Waals surface area contributed by atoms with E-state index < -0.39 is 12.2 Å². The summed E-state index contributed by atoms with van der Waals surface area (Å²) in [6.07, 6.45) is -1.45. The fourth-order valence-corrected chi connectivity index (χ4v) is 1.20. The highest BCUT2D eigenvalue weighted by Gasteiger charge is 2.16. The van der Waals surface area contributed by atoms with E-state index in [0.29, 0.717) is 12.2 Å². The Morgan fingerprint density at radius 2 is 1.94 bits per heavy atom. The smallest absolute Gasteiger partial charge is 0.412 e. The third kappa shape index (κ3) is 4.55. The molecule has 2 N–H and O–H groups in total. The maximum Gasteiger partial charge on any atom is 0.412 e. The summed E-state index contributed by atoms with van der Waals surface area (Å²) in [5.41, 5.74) is 0.626. The van der Waals surface area contributed by atoms with Crippen molar-refractivity contribution in [2.24, 2.45) is 0 Å². The number of hydrogen-bond donors (Lipinski definition) is 2. The van der Waals surface area contributed by atoms with Gasteiger partial charge in [-0.05, 0) is 26.0 Å². The Morgan fingerprint density at radius 3 is 2.53 bits per heavy atom. The van der Waals surface area contributed by atoms with Crippen LogP contribution in [0.1, 0.15) is 13.8 Å². The van der Waals surface area contributed by atoms with Gasteiger partial charge < -0.3 is 10.1 Å². The lowest BCUT2D eigenvalue weighted by Crippen LogP contribution is -2.36. The molecule has 0 aliphatic carbocycles. The number of para-hydroxylation sites is 1. The normalized spacial score (nSPS) is 11.4. The van der Waals surface area contributed by atoms with E-state index in [1.807, 2.05) is 6.07 Å². The van der Waals surface area contributed by atoms with E-state index in [2.05, 4.69) is 10.6 Å². The van der Waals surface area contributed by atoms with Crippen LogP contribution in [0.3, 0.4) is 0 Å². The zero-order chi connectivity index (χ0) is 12.7. The second kappa shape index (κ2) is 6.52. The molecule has 0 aliphatic heterocycles. The van der Waals surface area contributed by atoms with Crippen molar-refractivity contribution in [2.45, 2.75) is 20.0 Å². The Morgan fingerprint density at radius 1 is 1.29 bits per heavy atom. The van der Waals surface area contributed by atoms with Gasteiger partial charge in [-0.25, -0.2) is 4.79 Å². The Kier molecular flexibility index (Phi) is 5.00. The standard InChI is InChI=1S/C12H16N2O3/c1-3-13-11(15)9(2)17-12(16)14-10-7-5-4-6-8-10/h4-9H,3H2,1-2H3,(H,13,15)(H,14,16)/t9-/m1/s1. The number of carbonyl (C=O) groups is 2. The minimum atomic E-state index is -0.807. The first-order chi connectivity index (χ1) is 8.13. The third-order valence-corrected chi connectivity index (χ3v) is 2.02. The summed E-state index contributed by atoms with van der Waals surface area (Å²) in [6.45, 7) is 3.83. The van der Waals surface area contributed by atoms with Crippen LogP contribution >= 0.6 is 0 Å². The number of ether oxygens (including phenoxy) is 1. The molecular weight excluding hydrogens is 220 g/mol.